The van der Waals surface area contributed by atoms with Crippen molar-refractivity contribution in [3.05, 3.63) is 0 Å². The Balaban J connectivity index is 2.03. The number of hydrogen-bond donors (Lipinski definition) is 3. The molecule has 1 aliphatic rings. The maximum Gasteiger partial charge on any atom is 0.315 e. The average Bonchev–Trinajstić information content (AvgIpc) is 2.76. The van der Waals surface area contributed by atoms with Crippen molar-refractivity contribution in [1.82, 2.24) is 16.0 Å². The van der Waals surface area contributed by atoms with E-state index in [2.05, 4.69) is 16.0 Å². The van der Waals surface area contributed by atoms with Gasteiger partial charge < -0.3 is 16.0 Å². The number of urea groups is 1. The molecule has 5 nitrogen and oxygen atoms in total. The third-order valence-electron chi connectivity index (χ3n) is 2.86. The van der Waals surface area contributed by atoms with Gasteiger partial charge in [0.15, 0.2) is 0 Å². The maximum atomic E-state index is 11.6. The summed E-state index contributed by atoms with van der Waals surface area (Å²) < 4.78 is 0. The molecule has 1 saturated carbocycles. The van der Waals surface area contributed by atoms with Gasteiger partial charge in [0.25, 0.3) is 0 Å². The molecule has 0 aliphatic heterocycles. The lowest BCUT2D eigenvalue weighted by molar-refractivity contribution is -0.124. The molecule has 1 aliphatic carbocycles. The monoisotopic (exact) mass is 241 g/mol. The summed E-state index contributed by atoms with van der Waals surface area (Å²) in [6, 6.07) is -0.0572. The van der Waals surface area contributed by atoms with E-state index in [1.165, 1.54) is 0 Å². The highest BCUT2D eigenvalue weighted by molar-refractivity contribution is 5.79. The molecule has 0 aromatic carbocycles. The average molecular weight is 241 g/mol. The third-order valence-corrected chi connectivity index (χ3v) is 2.86. The number of carbonyl (C=O) groups excluding carboxylic acids is 2. The lowest BCUT2D eigenvalue weighted by Crippen LogP contribution is -2.43. The zero-order valence-corrected chi connectivity index (χ0v) is 10.7. The smallest absolute Gasteiger partial charge is 0.315 e. The molecule has 0 aromatic rings. The van der Waals surface area contributed by atoms with Crippen molar-refractivity contribution in [3.63, 3.8) is 0 Å². The summed E-state index contributed by atoms with van der Waals surface area (Å²) >= 11 is 0. The lowest BCUT2D eigenvalue weighted by Gasteiger charge is -2.12. The van der Waals surface area contributed by atoms with Crippen molar-refractivity contribution < 1.29 is 9.59 Å². The zero-order chi connectivity index (χ0) is 12.7. The summed E-state index contributed by atoms with van der Waals surface area (Å²) in [5.74, 6) is 0.327. The fourth-order valence-electron chi connectivity index (χ4n) is 2.01. The van der Waals surface area contributed by atoms with Crippen LogP contribution in [0.2, 0.25) is 0 Å². The van der Waals surface area contributed by atoms with Gasteiger partial charge in [-0.15, -0.1) is 0 Å². The molecule has 0 radical (unpaired) electrons. The van der Waals surface area contributed by atoms with Crippen LogP contribution in [0.4, 0.5) is 4.79 Å². The van der Waals surface area contributed by atoms with Gasteiger partial charge in [0.1, 0.15) is 0 Å². The molecule has 3 amide bonds. The molecule has 98 valence electrons. The van der Waals surface area contributed by atoms with Crippen LogP contribution in [-0.4, -0.2) is 31.1 Å². The highest BCUT2D eigenvalue weighted by atomic mass is 16.2. The first-order valence-corrected chi connectivity index (χ1v) is 6.41. The van der Waals surface area contributed by atoms with Gasteiger partial charge in [-0.3, -0.25) is 4.79 Å². The summed E-state index contributed by atoms with van der Waals surface area (Å²) in [5, 5.41) is 8.27. The van der Waals surface area contributed by atoms with E-state index in [1.54, 1.807) is 0 Å². The van der Waals surface area contributed by atoms with Gasteiger partial charge in [-0.25, -0.2) is 4.79 Å². The molecule has 17 heavy (non-hydrogen) atoms. The topological polar surface area (TPSA) is 70.2 Å². The van der Waals surface area contributed by atoms with Crippen LogP contribution in [0, 0.1) is 5.92 Å². The van der Waals surface area contributed by atoms with E-state index < -0.39 is 0 Å². The summed E-state index contributed by atoms with van der Waals surface area (Å²) in [6.45, 7) is 4.78. The Morgan fingerprint density at radius 3 is 2.29 bits per heavy atom. The standard InChI is InChI=1S/C12H23N3O2/c1-9(2)15-12(17)14-8-7-13-11(16)10-5-3-4-6-10/h9-10H,3-8H2,1-2H3,(H,13,16)(H2,14,15,17). The quantitative estimate of drug-likeness (QED) is 0.628. The van der Waals surface area contributed by atoms with Crippen molar-refractivity contribution in [2.45, 2.75) is 45.6 Å². The van der Waals surface area contributed by atoms with Crippen molar-refractivity contribution in [2.75, 3.05) is 13.1 Å². The van der Waals surface area contributed by atoms with E-state index in [0.717, 1.165) is 25.7 Å². The normalized spacial score (nSPS) is 15.9. The Kier molecular flexibility index (Phi) is 5.80. The largest absolute Gasteiger partial charge is 0.354 e. The minimum absolute atomic E-state index is 0.128. The van der Waals surface area contributed by atoms with Gasteiger partial charge in [-0.05, 0) is 26.7 Å². The second kappa shape index (κ2) is 7.14. The molecular weight excluding hydrogens is 218 g/mol. The van der Waals surface area contributed by atoms with Crippen LogP contribution in [0.15, 0.2) is 0 Å². The van der Waals surface area contributed by atoms with Gasteiger partial charge in [-0.2, -0.15) is 0 Å². The van der Waals surface area contributed by atoms with Crippen molar-refractivity contribution in [3.8, 4) is 0 Å². The molecule has 0 bridgehead atoms. The molecule has 0 saturated heterocycles. The van der Waals surface area contributed by atoms with Crippen LogP contribution in [0.5, 0.6) is 0 Å². The van der Waals surface area contributed by atoms with E-state index in [9.17, 15) is 9.59 Å². The Hall–Kier alpha value is -1.26. The Bertz CT molecular complexity index is 260. The molecule has 5 heteroatoms. The first kappa shape index (κ1) is 13.8. The third kappa shape index (κ3) is 5.56. The second-order valence-electron chi connectivity index (χ2n) is 4.83. The van der Waals surface area contributed by atoms with Crippen LogP contribution in [0.1, 0.15) is 39.5 Å². The van der Waals surface area contributed by atoms with E-state index in [0.29, 0.717) is 13.1 Å². The van der Waals surface area contributed by atoms with E-state index >= 15 is 0 Å². The van der Waals surface area contributed by atoms with E-state index in [1.807, 2.05) is 13.8 Å². The lowest BCUT2D eigenvalue weighted by atomic mass is 10.1. The van der Waals surface area contributed by atoms with Crippen LogP contribution in [0.25, 0.3) is 0 Å². The molecule has 0 aromatic heterocycles. The summed E-state index contributed by atoms with van der Waals surface area (Å²) in [7, 11) is 0. The molecule has 0 spiro atoms. The van der Waals surface area contributed by atoms with E-state index in [4.69, 9.17) is 0 Å². The predicted molar refractivity (Wildman–Crippen MR) is 66.6 cm³/mol. The van der Waals surface area contributed by atoms with Gasteiger partial charge in [0, 0.05) is 25.0 Å². The van der Waals surface area contributed by atoms with Crippen molar-refractivity contribution >= 4 is 11.9 Å². The Labute approximate surface area is 103 Å². The number of rotatable bonds is 5. The van der Waals surface area contributed by atoms with E-state index in [-0.39, 0.29) is 23.9 Å². The summed E-state index contributed by atoms with van der Waals surface area (Å²) in [4.78, 5) is 22.8. The van der Waals surface area contributed by atoms with Crippen LogP contribution < -0.4 is 16.0 Å². The minimum atomic E-state index is -0.185. The van der Waals surface area contributed by atoms with Crippen molar-refractivity contribution in [2.24, 2.45) is 5.92 Å². The first-order valence-electron chi connectivity index (χ1n) is 6.41. The van der Waals surface area contributed by atoms with Crippen LogP contribution in [-0.2, 0) is 4.79 Å². The Morgan fingerprint density at radius 2 is 1.71 bits per heavy atom. The SMILES string of the molecule is CC(C)NC(=O)NCCNC(=O)C1CCCC1. The number of amides is 3. The second-order valence-corrected chi connectivity index (χ2v) is 4.83. The van der Waals surface area contributed by atoms with Gasteiger partial charge in [0.05, 0.1) is 0 Å². The highest BCUT2D eigenvalue weighted by Crippen LogP contribution is 2.24. The van der Waals surface area contributed by atoms with Crippen LogP contribution >= 0.6 is 0 Å². The van der Waals surface area contributed by atoms with Gasteiger partial charge in [0.2, 0.25) is 5.91 Å². The molecule has 0 heterocycles. The fourth-order valence-corrected chi connectivity index (χ4v) is 2.01. The molecular formula is C12H23N3O2. The summed E-state index contributed by atoms with van der Waals surface area (Å²) in [6.07, 6.45) is 4.33. The fraction of sp³-hybridized carbons (Fsp3) is 0.833. The number of nitrogens with one attached hydrogen (secondary N) is 3. The highest BCUT2D eigenvalue weighted by Gasteiger charge is 2.21. The molecule has 1 rings (SSSR count). The van der Waals surface area contributed by atoms with Gasteiger partial charge in [-0.1, -0.05) is 12.8 Å². The molecule has 0 unspecified atom stereocenters. The number of hydrogen-bond acceptors (Lipinski definition) is 2. The van der Waals surface area contributed by atoms with Gasteiger partial charge >= 0.3 is 6.03 Å². The zero-order valence-electron chi connectivity index (χ0n) is 10.7. The number of carbonyl (C=O) groups is 2. The van der Waals surface area contributed by atoms with Crippen LogP contribution in [0.3, 0.4) is 0 Å². The molecule has 1 fully saturated rings. The Morgan fingerprint density at radius 1 is 1.12 bits per heavy atom. The maximum absolute atomic E-state index is 11.6. The van der Waals surface area contributed by atoms with Crippen molar-refractivity contribution in [1.29, 1.82) is 0 Å². The molecule has 0 atom stereocenters. The minimum Gasteiger partial charge on any atom is -0.354 e. The predicted octanol–water partition coefficient (Wildman–Crippen LogP) is 1.00. The molecule has 3 N–H and O–H groups in total. The first-order chi connectivity index (χ1) is 8.09. The summed E-state index contributed by atoms with van der Waals surface area (Å²) in [5.41, 5.74) is 0.